The number of hydrogen-bond donors (Lipinski definition) is 3. The Morgan fingerprint density at radius 2 is 1.85 bits per heavy atom. The molecule has 3 rings (SSSR count). The number of piperazine rings is 1. The molecule has 2 aliphatic heterocycles. The van der Waals surface area contributed by atoms with E-state index in [4.69, 9.17) is 20.7 Å². The fourth-order valence-corrected chi connectivity index (χ4v) is 4.26. The first-order chi connectivity index (χ1) is 16.4. The minimum atomic E-state index is -1.05. The molecule has 2 heterocycles. The number of carbonyl (C=O) groups is 3. The van der Waals surface area contributed by atoms with Crippen LogP contribution in [0.2, 0.25) is 0 Å². The Bertz CT molecular complexity index is 949. The Balaban J connectivity index is 1.51. The minimum absolute atomic E-state index is 0.0320. The molecule has 1 unspecified atom stereocenters. The van der Waals surface area contributed by atoms with Gasteiger partial charge in [-0.3, -0.25) is 24.2 Å². The van der Waals surface area contributed by atoms with Crippen LogP contribution in [0.4, 0.5) is 0 Å². The Kier molecular flexibility index (Phi) is 9.42. The predicted octanol–water partition coefficient (Wildman–Crippen LogP) is -0.661. The van der Waals surface area contributed by atoms with E-state index in [0.29, 0.717) is 23.3 Å². The molecule has 0 aromatic heterocycles. The lowest BCUT2D eigenvalue weighted by atomic mass is 10.0. The van der Waals surface area contributed by atoms with Crippen LogP contribution in [0.25, 0.3) is 0 Å². The highest BCUT2D eigenvalue weighted by Gasteiger charge is 2.36. The van der Waals surface area contributed by atoms with Crippen molar-refractivity contribution in [2.75, 3.05) is 59.1 Å². The minimum Gasteiger partial charge on any atom is -0.481 e. The zero-order valence-corrected chi connectivity index (χ0v) is 19.2. The van der Waals surface area contributed by atoms with Gasteiger partial charge in [-0.15, -0.1) is 0 Å². The van der Waals surface area contributed by atoms with Gasteiger partial charge >= 0.3 is 5.97 Å². The van der Waals surface area contributed by atoms with Crippen molar-refractivity contribution >= 4 is 17.8 Å². The SMILES string of the molecule is NC(=O)C(CCC(=O)O)N1Cc2c(C#CCOCCN3CCN(CCO)CC3)cccc2C1=O. The lowest BCUT2D eigenvalue weighted by molar-refractivity contribution is -0.137. The maximum absolute atomic E-state index is 12.8. The van der Waals surface area contributed by atoms with Crippen LogP contribution in [0.1, 0.15) is 34.3 Å². The van der Waals surface area contributed by atoms with Gasteiger partial charge in [0.25, 0.3) is 5.91 Å². The van der Waals surface area contributed by atoms with Crippen LogP contribution in [0.15, 0.2) is 18.2 Å². The second kappa shape index (κ2) is 12.5. The van der Waals surface area contributed by atoms with Crippen LogP contribution in [0.5, 0.6) is 0 Å². The number of carboxylic acids is 1. The van der Waals surface area contributed by atoms with Gasteiger partial charge in [-0.05, 0) is 24.1 Å². The Labute approximate surface area is 199 Å². The van der Waals surface area contributed by atoms with E-state index in [1.165, 1.54) is 4.90 Å². The summed E-state index contributed by atoms with van der Waals surface area (Å²) in [5.41, 5.74) is 7.30. The third kappa shape index (κ3) is 6.77. The topological polar surface area (TPSA) is 137 Å². The van der Waals surface area contributed by atoms with Crippen molar-refractivity contribution in [2.45, 2.75) is 25.4 Å². The molecule has 0 bridgehead atoms. The molecule has 1 fully saturated rings. The van der Waals surface area contributed by atoms with Crippen molar-refractivity contribution in [1.82, 2.24) is 14.7 Å². The van der Waals surface area contributed by atoms with E-state index in [1.54, 1.807) is 12.1 Å². The molecule has 10 heteroatoms. The summed E-state index contributed by atoms with van der Waals surface area (Å²) in [5.74, 6) is 3.93. The van der Waals surface area contributed by atoms with Gasteiger partial charge in [-0.25, -0.2) is 0 Å². The summed E-state index contributed by atoms with van der Waals surface area (Å²) in [7, 11) is 0. The van der Waals surface area contributed by atoms with Crippen LogP contribution < -0.4 is 5.73 Å². The number of amides is 2. The highest BCUT2D eigenvalue weighted by molar-refractivity contribution is 6.01. The van der Waals surface area contributed by atoms with Crippen molar-refractivity contribution in [2.24, 2.45) is 5.73 Å². The molecule has 1 aromatic carbocycles. The van der Waals surface area contributed by atoms with Gasteiger partial charge in [0.1, 0.15) is 12.6 Å². The summed E-state index contributed by atoms with van der Waals surface area (Å²) < 4.78 is 5.66. The quantitative estimate of drug-likeness (QED) is 0.285. The average molecular weight is 473 g/mol. The molecule has 0 radical (unpaired) electrons. The fourth-order valence-electron chi connectivity index (χ4n) is 4.26. The second-order valence-corrected chi connectivity index (χ2v) is 8.38. The summed E-state index contributed by atoms with van der Waals surface area (Å²) >= 11 is 0. The van der Waals surface area contributed by atoms with E-state index in [0.717, 1.165) is 39.3 Å². The van der Waals surface area contributed by atoms with E-state index >= 15 is 0 Å². The van der Waals surface area contributed by atoms with Crippen molar-refractivity contribution < 1.29 is 29.3 Å². The molecule has 184 valence electrons. The third-order valence-electron chi connectivity index (χ3n) is 6.16. The van der Waals surface area contributed by atoms with Crippen LogP contribution in [0, 0.1) is 11.8 Å². The predicted molar refractivity (Wildman–Crippen MR) is 124 cm³/mol. The number of benzene rings is 1. The first-order valence-corrected chi connectivity index (χ1v) is 11.5. The fraction of sp³-hybridized carbons (Fsp3) is 0.542. The standard InChI is InChI=1S/C24H32N4O6/c25-23(32)21(6-7-22(30)31)28-17-20-18(3-1-5-19(20)24(28)33)4-2-15-34-16-13-27-10-8-26(9-11-27)12-14-29/h1,3,5,21,29H,6-17H2,(H2,25,32)(H,30,31). The number of primary amides is 1. The maximum Gasteiger partial charge on any atom is 0.303 e. The van der Waals surface area contributed by atoms with E-state index in [-0.39, 0.29) is 38.5 Å². The van der Waals surface area contributed by atoms with Crippen LogP contribution >= 0.6 is 0 Å². The number of nitrogens with zero attached hydrogens (tertiary/aromatic N) is 3. The van der Waals surface area contributed by atoms with E-state index in [1.807, 2.05) is 6.07 Å². The van der Waals surface area contributed by atoms with Crippen LogP contribution in [-0.2, 0) is 20.9 Å². The van der Waals surface area contributed by atoms with Gasteiger partial charge in [0.2, 0.25) is 5.91 Å². The summed E-state index contributed by atoms with van der Waals surface area (Å²) in [6.07, 6.45) is -0.286. The number of carboxylic acid groups (broad SMARTS) is 1. The zero-order valence-electron chi connectivity index (χ0n) is 19.2. The van der Waals surface area contributed by atoms with Gasteiger partial charge in [0.15, 0.2) is 0 Å². The summed E-state index contributed by atoms with van der Waals surface area (Å²) in [6, 6.07) is 4.24. The number of fused-ring (bicyclic) bond motifs is 1. The van der Waals surface area contributed by atoms with Crippen LogP contribution in [-0.4, -0.2) is 108 Å². The first kappa shape index (κ1) is 25.6. The van der Waals surface area contributed by atoms with Gasteiger partial charge < -0.3 is 25.6 Å². The van der Waals surface area contributed by atoms with Gasteiger partial charge in [-0.2, -0.15) is 0 Å². The molecular weight excluding hydrogens is 440 g/mol. The summed E-state index contributed by atoms with van der Waals surface area (Å²) in [6.45, 7) is 6.52. The Morgan fingerprint density at radius 1 is 1.15 bits per heavy atom. The molecule has 1 saturated heterocycles. The van der Waals surface area contributed by atoms with Crippen molar-refractivity contribution in [3.63, 3.8) is 0 Å². The van der Waals surface area contributed by atoms with E-state index < -0.39 is 17.9 Å². The number of rotatable bonds is 11. The first-order valence-electron chi connectivity index (χ1n) is 11.5. The molecular formula is C24H32N4O6. The molecule has 1 atom stereocenters. The molecule has 0 spiro atoms. The van der Waals surface area contributed by atoms with Crippen molar-refractivity contribution in [3.8, 4) is 11.8 Å². The number of aliphatic carboxylic acids is 1. The molecule has 2 amide bonds. The molecule has 0 saturated carbocycles. The lowest BCUT2D eigenvalue weighted by Gasteiger charge is -2.34. The molecule has 1 aromatic rings. The third-order valence-corrected chi connectivity index (χ3v) is 6.16. The normalized spacial score (nSPS) is 17.2. The van der Waals surface area contributed by atoms with Crippen molar-refractivity contribution in [3.05, 3.63) is 34.9 Å². The van der Waals surface area contributed by atoms with Crippen LogP contribution in [0.3, 0.4) is 0 Å². The van der Waals surface area contributed by atoms with E-state index in [2.05, 4.69) is 21.6 Å². The summed E-state index contributed by atoms with van der Waals surface area (Å²) in [5, 5.41) is 17.9. The lowest BCUT2D eigenvalue weighted by Crippen LogP contribution is -2.47. The monoisotopic (exact) mass is 472 g/mol. The average Bonchev–Trinajstić information content (AvgIpc) is 3.14. The second-order valence-electron chi connectivity index (χ2n) is 8.38. The Hall–Kier alpha value is -2.97. The highest BCUT2D eigenvalue weighted by Crippen LogP contribution is 2.28. The molecule has 2 aliphatic rings. The van der Waals surface area contributed by atoms with Gasteiger partial charge in [0, 0.05) is 63.4 Å². The number of aliphatic hydroxyl groups excluding tert-OH is 1. The van der Waals surface area contributed by atoms with E-state index in [9.17, 15) is 14.4 Å². The number of nitrogens with two attached hydrogens (primary N) is 1. The molecule has 4 N–H and O–H groups in total. The highest BCUT2D eigenvalue weighted by atomic mass is 16.5. The number of ether oxygens (including phenoxy) is 1. The zero-order chi connectivity index (χ0) is 24.5. The molecule has 0 aliphatic carbocycles. The Morgan fingerprint density at radius 3 is 2.50 bits per heavy atom. The van der Waals surface area contributed by atoms with Gasteiger partial charge in [-0.1, -0.05) is 17.9 Å². The maximum atomic E-state index is 12.8. The van der Waals surface area contributed by atoms with Gasteiger partial charge in [0.05, 0.1) is 13.2 Å². The summed E-state index contributed by atoms with van der Waals surface area (Å²) in [4.78, 5) is 41.5. The number of carbonyl (C=O) groups excluding carboxylic acids is 2. The number of β-amino-alcohol motifs (C(OH)–C–C–N with tert-alkyl or cyclic N) is 1. The number of aliphatic hydroxyl groups is 1. The smallest absolute Gasteiger partial charge is 0.303 e. The largest absolute Gasteiger partial charge is 0.481 e. The molecule has 34 heavy (non-hydrogen) atoms. The number of hydrogen-bond acceptors (Lipinski definition) is 7. The van der Waals surface area contributed by atoms with Crippen molar-refractivity contribution in [1.29, 1.82) is 0 Å². The molecule has 10 nitrogen and oxygen atoms in total.